The lowest BCUT2D eigenvalue weighted by Crippen LogP contribution is -2.00. The number of allylic oxidation sites excluding steroid dienone is 1. The summed E-state index contributed by atoms with van der Waals surface area (Å²) in [5.41, 5.74) is 0.712. The highest BCUT2D eigenvalue weighted by molar-refractivity contribution is 6.16. The maximum Gasteiger partial charge on any atom is 0.235 e. The van der Waals surface area contributed by atoms with Gasteiger partial charge in [0.1, 0.15) is 22.8 Å². The zero-order valence-corrected chi connectivity index (χ0v) is 11.5. The number of ether oxygens (including phenoxy) is 2. The van der Waals surface area contributed by atoms with Crippen LogP contribution in [-0.2, 0) is 0 Å². The third-order valence-electron chi connectivity index (χ3n) is 3.24. The lowest BCUT2D eigenvalue weighted by molar-refractivity contribution is 0.101. The van der Waals surface area contributed by atoms with Gasteiger partial charge in [-0.1, -0.05) is 6.07 Å². The number of rotatable bonds is 2. The van der Waals surface area contributed by atoms with E-state index in [0.717, 1.165) is 0 Å². The molecule has 0 aliphatic carbocycles. The molecule has 2 aromatic carbocycles. The van der Waals surface area contributed by atoms with Gasteiger partial charge in [-0.15, -0.1) is 0 Å². The van der Waals surface area contributed by atoms with Crippen molar-refractivity contribution in [3.63, 3.8) is 0 Å². The lowest BCUT2D eigenvalue weighted by Gasteiger charge is -2.04. The van der Waals surface area contributed by atoms with Crippen LogP contribution >= 0.6 is 0 Å². The molecule has 0 aromatic heterocycles. The molecule has 0 fully saturated rings. The summed E-state index contributed by atoms with van der Waals surface area (Å²) >= 11 is 0. The molecule has 112 valence electrons. The Kier molecular flexibility index (Phi) is 3.14. The zero-order chi connectivity index (χ0) is 15.9. The molecule has 0 saturated heterocycles. The summed E-state index contributed by atoms with van der Waals surface area (Å²) in [6.07, 6.45) is 1.43. The van der Waals surface area contributed by atoms with Gasteiger partial charge in [0.15, 0.2) is 17.3 Å². The van der Waals surface area contributed by atoms with E-state index in [-0.39, 0.29) is 45.9 Å². The van der Waals surface area contributed by atoms with Crippen LogP contribution in [0, 0.1) is 0 Å². The number of hydrogen-bond donors (Lipinski definition) is 3. The first-order chi connectivity index (χ1) is 10.5. The number of carbonyl (C=O) groups is 1. The van der Waals surface area contributed by atoms with Crippen molar-refractivity contribution < 1.29 is 29.6 Å². The average Bonchev–Trinajstić information content (AvgIpc) is 2.78. The quantitative estimate of drug-likeness (QED) is 0.582. The van der Waals surface area contributed by atoms with Crippen molar-refractivity contribution in [2.45, 2.75) is 0 Å². The highest BCUT2D eigenvalue weighted by Crippen LogP contribution is 2.41. The molecule has 0 bridgehead atoms. The first-order valence-electron chi connectivity index (χ1n) is 6.37. The van der Waals surface area contributed by atoms with E-state index in [1.165, 1.54) is 43.5 Å². The molecule has 0 atom stereocenters. The van der Waals surface area contributed by atoms with Gasteiger partial charge >= 0.3 is 0 Å². The zero-order valence-electron chi connectivity index (χ0n) is 11.5. The van der Waals surface area contributed by atoms with Crippen molar-refractivity contribution in [1.82, 2.24) is 0 Å². The highest BCUT2D eigenvalue weighted by Gasteiger charge is 2.31. The van der Waals surface area contributed by atoms with Gasteiger partial charge in [-0.05, 0) is 23.8 Å². The van der Waals surface area contributed by atoms with Crippen molar-refractivity contribution in [2.75, 3.05) is 7.11 Å². The van der Waals surface area contributed by atoms with Crippen LogP contribution in [0.5, 0.6) is 28.7 Å². The van der Waals surface area contributed by atoms with E-state index in [1.54, 1.807) is 0 Å². The molecule has 6 heteroatoms. The number of hydrogen-bond acceptors (Lipinski definition) is 6. The number of fused-ring (bicyclic) bond motifs is 1. The minimum Gasteiger partial charge on any atom is -0.508 e. The molecule has 2 aromatic rings. The summed E-state index contributed by atoms with van der Waals surface area (Å²) in [6, 6.07) is 6.79. The molecular formula is C16H12O6. The first-order valence-corrected chi connectivity index (χ1v) is 6.37. The smallest absolute Gasteiger partial charge is 0.235 e. The fourth-order valence-electron chi connectivity index (χ4n) is 2.21. The van der Waals surface area contributed by atoms with Gasteiger partial charge < -0.3 is 24.8 Å². The van der Waals surface area contributed by atoms with E-state index in [2.05, 4.69) is 0 Å². The normalized spacial score (nSPS) is 14.8. The average molecular weight is 300 g/mol. The predicted octanol–water partition coefficient (Wildman–Crippen LogP) is 2.43. The molecule has 0 amide bonds. The molecular weight excluding hydrogens is 288 g/mol. The molecule has 1 heterocycles. The van der Waals surface area contributed by atoms with Crippen LogP contribution in [0.15, 0.2) is 36.1 Å². The van der Waals surface area contributed by atoms with Gasteiger partial charge in [0.2, 0.25) is 5.78 Å². The number of Topliss-reactive ketones (excluding diaryl/α,β-unsaturated/α-hetero) is 1. The number of phenols is 3. The van der Waals surface area contributed by atoms with Crippen molar-refractivity contribution >= 4 is 11.9 Å². The van der Waals surface area contributed by atoms with Gasteiger partial charge in [-0.3, -0.25) is 4.79 Å². The molecule has 0 spiro atoms. The second-order valence-electron chi connectivity index (χ2n) is 4.71. The fraction of sp³-hybridized carbons (Fsp3) is 0.0625. The van der Waals surface area contributed by atoms with Crippen molar-refractivity contribution in [2.24, 2.45) is 0 Å². The van der Waals surface area contributed by atoms with Gasteiger partial charge in [-0.2, -0.15) is 0 Å². The number of benzene rings is 2. The maximum absolute atomic E-state index is 12.4. The summed E-state index contributed by atoms with van der Waals surface area (Å²) < 4.78 is 10.5. The van der Waals surface area contributed by atoms with Crippen molar-refractivity contribution in [1.29, 1.82) is 0 Å². The summed E-state index contributed by atoms with van der Waals surface area (Å²) in [4.78, 5) is 12.4. The molecule has 0 unspecified atom stereocenters. The van der Waals surface area contributed by atoms with Crippen molar-refractivity contribution in [3.05, 3.63) is 47.2 Å². The summed E-state index contributed by atoms with van der Waals surface area (Å²) in [6.45, 7) is 0. The SMILES string of the molecule is COc1cc(O)cc2c1C(=O)/C(=C/c1ccc(O)c(O)c1)O2. The van der Waals surface area contributed by atoms with Crippen LogP contribution in [0.25, 0.3) is 6.08 Å². The molecule has 6 nitrogen and oxygen atoms in total. The van der Waals surface area contributed by atoms with Gasteiger partial charge in [0, 0.05) is 12.1 Å². The molecule has 0 saturated carbocycles. The largest absolute Gasteiger partial charge is 0.508 e. The van der Waals surface area contributed by atoms with Crippen LogP contribution in [0.3, 0.4) is 0 Å². The molecule has 1 aliphatic heterocycles. The maximum atomic E-state index is 12.4. The summed E-state index contributed by atoms with van der Waals surface area (Å²) in [5.74, 6) is -0.563. The minimum atomic E-state index is -0.389. The fourth-order valence-corrected chi connectivity index (χ4v) is 2.21. The Morgan fingerprint density at radius 3 is 2.55 bits per heavy atom. The van der Waals surface area contributed by atoms with E-state index < -0.39 is 0 Å². The van der Waals surface area contributed by atoms with Gasteiger partial charge in [0.25, 0.3) is 0 Å². The monoisotopic (exact) mass is 300 g/mol. The van der Waals surface area contributed by atoms with Gasteiger partial charge in [0.05, 0.1) is 7.11 Å². The van der Waals surface area contributed by atoms with E-state index in [4.69, 9.17) is 9.47 Å². The van der Waals surface area contributed by atoms with Crippen molar-refractivity contribution in [3.8, 4) is 28.7 Å². The molecule has 3 rings (SSSR count). The third-order valence-corrected chi connectivity index (χ3v) is 3.24. The van der Waals surface area contributed by atoms with Crippen LogP contribution in [0.1, 0.15) is 15.9 Å². The molecule has 3 N–H and O–H groups in total. The Bertz CT molecular complexity index is 807. The number of carbonyl (C=O) groups excluding carboxylic acids is 1. The standard InChI is InChI=1S/C16H12O6/c1-21-12-6-9(17)7-13-15(12)16(20)14(22-13)5-8-2-3-10(18)11(19)4-8/h2-7,17-19H,1H3/b14-5-. The molecule has 0 radical (unpaired) electrons. The van der Waals surface area contributed by atoms with E-state index >= 15 is 0 Å². The van der Waals surface area contributed by atoms with E-state index in [1.807, 2.05) is 0 Å². The summed E-state index contributed by atoms with van der Waals surface area (Å²) in [7, 11) is 1.39. The van der Waals surface area contributed by atoms with Crippen LogP contribution in [-0.4, -0.2) is 28.2 Å². The Hall–Kier alpha value is -3.15. The van der Waals surface area contributed by atoms with E-state index in [0.29, 0.717) is 5.56 Å². The minimum absolute atomic E-state index is 0.0315. The Morgan fingerprint density at radius 1 is 1.09 bits per heavy atom. The predicted molar refractivity (Wildman–Crippen MR) is 77.4 cm³/mol. The van der Waals surface area contributed by atoms with Crippen LogP contribution < -0.4 is 9.47 Å². The summed E-state index contributed by atoms with van der Waals surface area (Å²) in [5, 5.41) is 28.3. The Balaban J connectivity index is 2.03. The number of phenolic OH excluding ortho intramolecular Hbond substituents is 3. The third kappa shape index (κ3) is 2.20. The van der Waals surface area contributed by atoms with Crippen LogP contribution in [0.2, 0.25) is 0 Å². The first kappa shape index (κ1) is 13.8. The molecule has 22 heavy (non-hydrogen) atoms. The lowest BCUT2D eigenvalue weighted by atomic mass is 10.1. The Labute approximate surface area is 125 Å². The Morgan fingerprint density at radius 2 is 1.86 bits per heavy atom. The van der Waals surface area contributed by atoms with E-state index in [9.17, 15) is 20.1 Å². The van der Waals surface area contributed by atoms with Gasteiger partial charge in [-0.25, -0.2) is 0 Å². The second kappa shape index (κ2) is 5.00. The number of ketones is 1. The van der Waals surface area contributed by atoms with Crippen LogP contribution in [0.4, 0.5) is 0 Å². The number of aromatic hydroxyl groups is 3. The number of methoxy groups -OCH3 is 1. The second-order valence-corrected chi connectivity index (χ2v) is 4.71. The molecule has 1 aliphatic rings. The highest BCUT2D eigenvalue weighted by atomic mass is 16.5. The topological polar surface area (TPSA) is 96.2 Å².